The van der Waals surface area contributed by atoms with Crippen molar-refractivity contribution in [3.8, 4) is 5.75 Å². The molecule has 0 aliphatic rings. The van der Waals surface area contributed by atoms with Gasteiger partial charge in [-0.05, 0) is 74.1 Å². The molecule has 2 aromatic carbocycles. The summed E-state index contributed by atoms with van der Waals surface area (Å²) in [5, 5.41) is 5.17. The van der Waals surface area contributed by atoms with Crippen LogP contribution in [-0.4, -0.2) is 29.4 Å². The van der Waals surface area contributed by atoms with E-state index in [1.165, 1.54) is 0 Å². The van der Waals surface area contributed by atoms with Crippen molar-refractivity contribution >= 4 is 40.7 Å². The summed E-state index contributed by atoms with van der Waals surface area (Å²) < 4.78 is 5.33. The molecule has 0 aromatic heterocycles. The zero-order valence-electron chi connectivity index (χ0n) is 16.8. The predicted molar refractivity (Wildman–Crippen MR) is 118 cm³/mol. The molecular weight excluding hydrogens is 404 g/mol. The van der Waals surface area contributed by atoms with Crippen LogP contribution in [0.3, 0.4) is 0 Å². The van der Waals surface area contributed by atoms with Gasteiger partial charge >= 0.3 is 0 Å². The molecule has 0 heterocycles. The van der Waals surface area contributed by atoms with E-state index in [0.29, 0.717) is 35.6 Å². The lowest BCUT2D eigenvalue weighted by atomic mass is 10.2. The van der Waals surface area contributed by atoms with Crippen molar-refractivity contribution < 1.29 is 19.1 Å². The zero-order chi connectivity index (χ0) is 21.9. The first-order valence-electron chi connectivity index (χ1n) is 9.47. The van der Waals surface area contributed by atoms with Gasteiger partial charge in [0, 0.05) is 23.2 Å². The average Bonchev–Trinajstić information content (AvgIpc) is 2.73. The minimum absolute atomic E-state index is 0.0503. The number of amides is 3. The topological polar surface area (TPSA) is 109 Å². The monoisotopic (exact) mass is 428 g/mol. The Kier molecular flexibility index (Phi) is 8.76. The van der Waals surface area contributed by atoms with Crippen LogP contribution >= 0.6 is 12.2 Å². The van der Waals surface area contributed by atoms with Crippen LogP contribution in [0.1, 0.15) is 47.4 Å². The van der Waals surface area contributed by atoms with Gasteiger partial charge in [0.05, 0.1) is 6.61 Å². The zero-order valence-corrected chi connectivity index (χ0v) is 17.6. The molecule has 0 spiro atoms. The van der Waals surface area contributed by atoms with Gasteiger partial charge in [0.15, 0.2) is 5.11 Å². The number of hydrogen-bond acceptors (Lipinski definition) is 5. The van der Waals surface area contributed by atoms with Gasteiger partial charge < -0.3 is 10.1 Å². The minimum atomic E-state index is -0.445. The first-order chi connectivity index (χ1) is 14.4. The molecule has 0 aliphatic heterocycles. The fraction of sp³-hybridized carbons (Fsp3) is 0.238. The second-order valence-electron chi connectivity index (χ2n) is 6.20. The van der Waals surface area contributed by atoms with E-state index in [2.05, 4.69) is 21.5 Å². The number of nitrogens with one attached hydrogen (secondary N) is 4. The second-order valence-corrected chi connectivity index (χ2v) is 6.60. The van der Waals surface area contributed by atoms with Gasteiger partial charge in [-0.2, -0.15) is 0 Å². The molecule has 30 heavy (non-hydrogen) atoms. The van der Waals surface area contributed by atoms with Crippen LogP contribution in [0.2, 0.25) is 0 Å². The number of rotatable bonds is 7. The molecule has 0 saturated heterocycles. The highest BCUT2D eigenvalue weighted by Crippen LogP contribution is 2.12. The SMILES string of the molecule is CCCC(=O)Nc1ccc(C(=O)NNC(=S)NC(=O)c2ccc(OCC)cc2)cc1. The molecular formula is C21H24N4O4S. The summed E-state index contributed by atoms with van der Waals surface area (Å²) >= 11 is 5.03. The van der Waals surface area contributed by atoms with E-state index in [0.717, 1.165) is 6.42 Å². The molecule has 2 rings (SSSR count). The maximum atomic E-state index is 12.2. The Balaban J connectivity index is 1.81. The molecule has 4 N–H and O–H groups in total. The Bertz CT molecular complexity index is 898. The lowest BCUT2D eigenvalue weighted by molar-refractivity contribution is -0.116. The van der Waals surface area contributed by atoms with Gasteiger partial charge in [-0.15, -0.1) is 0 Å². The van der Waals surface area contributed by atoms with E-state index < -0.39 is 11.8 Å². The first kappa shape index (κ1) is 22.8. The molecule has 0 saturated carbocycles. The van der Waals surface area contributed by atoms with Gasteiger partial charge in [-0.3, -0.25) is 30.6 Å². The van der Waals surface area contributed by atoms with E-state index in [1.807, 2.05) is 13.8 Å². The van der Waals surface area contributed by atoms with Crippen molar-refractivity contribution in [2.45, 2.75) is 26.7 Å². The van der Waals surface area contributed by atoms with Crippen LogP contribution in [-0.2, 0) is 4.79 Å². The van der Waals surface area contributed by atoms with Gasteiger partial charge in [0.25, 0.3) is 11.8 Å². The molecule has 158 valence electrons. The van der Waals surface area contributed by atoms with Crippen molar-refractivity contribution in [2.24, 2.45) is 0 Å². The average molecular weight is 429 g/mol. The van der Waals surface area contributed by atoms with Crippen molar-refractivity contribution in [1.82, 2.24) is 16.2 Å². The van der Waals surface area contributed by atoms with Gasteiger partial charge in [-0.1, -0.05) is 6.92 Å². The Hall–Kier alpha value is -3.46. The van der Waals surface area contributed by atoms with Crippen molar-refractivity contribution in [2.75, 3.05) is 11.9 Å². The third kappa shape index (κ3) is 7.17. The fourth-order valence-corrected chi connectivity index (χ4v) is 2.56. The molecule has 0 unspecified atom stereocenters. The van der Waals surface area contributed by atoms with Crippen molar-refractivity contribution in [1.29, 1.82) is 0 Å². The third-order valence-corrected chi connectivity index (χ3v) is 4.06. The van der Waals surface area contributed by atoms with Crippen LogP contribution in [0.15, 0.2) is 48.5 Å². The highest BCUT2D eigenvalue weighted by atomic mass is 32.1. The summed E-state index contributed by atoms with van der Waals surface area (Å²) in [6.07, 6.45) is 1.19. The van der Waals surface area contributed by atoms with E-state index in [-0.39, 0.29) is 11.0 Å². The minimum Gasteiger partial charge on any atom is -0.494 e. The molecule has 2 aromatic rings. The summed E-state index contributed by atoms with van der Waals surface area (Å²) in [6.45, 7) is 4.33. The Morgan fingerprint density at radius 3 is 2.07 bits per heavy atom. The van der Waals surface area contributed by atoms with Crippen molar-refractivity contribution in [3.05, 3.63) is 59.7 Å². The van der Waals surface area contributed by atoms with Gasteiger partial charge in [0.2, 0.25) is 5.91 Å². The number of hydrogen-bond donors (Lipinski definition) is 4. The number of hydrazine groups is 1. The number of benzene rings is 2. The van der Waals surface area contributed by atoms with E-state index in [4.69, 9.17) is 17.0 Å². The van der Waals surface area contributed by atoms with E-state index in [1.54, 1.807) is 48.5 Å². The molecule has 9 heteroatoms. The van der Waals surface area contributed by atoms with Crippen LogP contribution in [0.25, 0.3) is 0 Å². The smallest absolute Gasteiger partial charge is 0.269 e. The van der Waals surface area contributed by atoms with E-state index >= 15 is 0 Å². The number of ether oxygens (including phenoxy) is 1. The highest BCUT2D eigenvalue weighted by Gasteiger charge is 2.10. The van der Waals surface area contributed by atoms with Gasteiger partial charge in [0.1, 0.15) is 5.75 Å². The molecule has 0 radical (unpaired) electrons. The maximum absolute atomic E-state index is 12.2. The third-order valence-electron chi connectivity index (χ3n) is 3.85. The summed E-state index contributed by atoms with van der Waals surface area (Å²) in [5.41, 5.74) is 6.26. The van der Waals surface area contributed by atoms with Crippen LogP contribution in [0.4, 0.5) is 5.69 Å². The fourth-order valence-electron chi connectivity index (χ4n) is 2.42. The first-order valence-corrected chi connectivity index (χ1v) is 9.88. The Morgan fingerprint density at radius 1 is 0.867 bits per heavy atom. The van der Waals surface area contributed by atoms with Crippen LogP contribution in [0.5, 0.6) is 5.75 Å². The molecule has 3 amide bonds. The molecule has 0 bridgehead atoms. The van der Waals surface area contributed by atoms with Crippen LogP contribution in [0, 0.1) is 0 Å². The van der Waals surface area contributed by atoms with E-state index in [9.17, 15) is 14.4 Å². The number of anilines is 1. The lowest BCUT2D eigenvalue weighted by Gasteiger charge is -2.11. The molecule has 8 nitrogen and oxygen atoms in total. The predicted octanol–water partition coefficient (Wildman–Crippen LogP) is 2.77. The summed E-state index contributed by atoms with van der Waals surface area (Å²) in [5.74, 6) is -0.279. The molecule has 0 fully saturated rings. The van der Waals surface area contributed by atoms with Crippen molar-refractivity contribution in [3.63, 3.8) is 0 Å². The summed E-state index contributed by atoms with van der Waals surface area (Å²) in [7, 11) is 0. The quantitative estimate of drug-likeness (QED) is 0.399. The number of carbonyl (C=O) groups excluding carboxylic acids is 3. The standard InChI is InChI=1S/C21H24N4O4S/c1-3-5-18(26)22-16-10-6-15(7-11-16)20(28)24-25-21(30)23-19(27)14-8-12-17(13-9-14)29-4-2/h6-13H,3-5H2,1-2H3,(H,22,26)(H,24,28)(H2,23,25,27,30). The largest absolute Gasteiger partial charge is 0.494 e. The Labute approximate surface area is 180 Å². The normalized spacial score (nSPS) is 9.93. The highest BCUT2D eigenvalue weighted by molar-refractivity contribution is 7.80. The second kappa shape index (κ2) is 11.5. The number of carbonyl (C=O) groups is 3. The summed E-state index contributed by atoms with van der Waals surface area (Å²) in [4.78, 5) is 36.0. The molecule has 0 atom stereocenters. The number of thiocarbonyl (C=S) groups is 1. The lowest BCUT2D eigenvalue weighted by Crippen LogP contribution is -2.48. The van der Waals surface area contributed by atoms with Crippen LogP contribution < -0.4 is 26.2 Å². The summed E-state index contributed by atoms with van der Waals surface area (Å²) in [6, 6.07) is 13.0. The van der Waals surface area contributed by atoms with Gasteiger partial charge in [-0.25, -0.2) is 0 Å². The Morgan fingerprint density at radius 2 is 1.47 bits per heavy atom. The maximum Gasteiger partial charge on any atom is 0.269 e. The molecule has 0 aliphatic carbocycles.